The molecule has 5 nitrogen and oxygen atoms in total. The maximum Gasteiger partial charge on any atom is 0.251 e. The maximum atomic E-state index is 13.1. The van der Waals surface area contributed by atoms with Gasteiger partial charge in [0, 0.05) is 17.4 Å². The van der Waals surface area contributed by atoms with Crippen molar-refractivity contribution in [2.45, 2.75) is 13.0 Å². The van der Waals surface area contributed by atoms with Crippen molar-refractivity contribution in [3.05, 3.63) is 83.9 Å². The lowest BCUT2D eigenvalue weighted by Gasteiger charge is -2.22. The first-order chi connectivity index (χ1) is 13.7. The number of hydrogen-bond acceptors (Lipinski definition) is 4. The van der Waals surface area contributed by atoms with E-state index in [1.165, 1.54) is 0 Å². The van der Waals surface area contributed by atoms with Gasteiger partial charge >= 0.3 is 0 Å². The molecule has 142 valence electrons. The van der Waals surface area contributed by atoms with Gasteiger partial charge in [0.2, 0.25) is 0 Å². The summed E-state index contributed by atoms with van der Waals surface area (Å²) >= 11 is 0. The summed E-state index contributed by atoms with van der Waals surface area (Å²) < 4.78 is 11.2. The van der Waals surface area contributed by atoms with E-state index < -0.39 is 6.04 Å². The van der Waals surface area contributed by atoms with Gasteiger partial charge in [-0.1, -0.05) is 48.0 Å². The Morgan fingerprint density at radius 1 is 0.857 bits per heavy atom. The predicted molar refractivity (Wildman–Crippen MR) is 110 cm³/mol. The quantitative estimate of drug-likeness (QED) is 0.687. The van der Waals surface area contributed by atoms with E-state index in [1.54, 1.807) is 0 Å². The van der Waals surface area contributed by atoms with E-state index in [4.69, 9.17) is 9.47 Å². The third kappa shape index (κ3) is 4.09. The van der Waals surface area contributed by atoms with Crippen molar-refractivity contribution in [2.75, 3.05) is 23.8 Å². The minimum absolute atomic E-state index is 0.134. The molecule has 1 amide bonds. The van der Waals surface area contributed by atoms with E-state index in [-0.39, 0.29) is 5.91 Å². The Morgan fingerprint density at radius 3 is 2.29 bits per heavy atom. The summed E-state index contributed by atoms with van der Waals surface area (Å²) in [4.78, 5) is 13.1. The van der Waals surface area contributed by atoms with Gasteiger partial charge in [0.05, 0.1) is 0 Å². The molecule has 1 unspecified atom stereocenters. The number of aryl methyl sites for hydroxylation is 1. The van der Waals surface area contributed by atoms with E-state index in [0.29, 0.717) is 19.0 Å². The van der Waals surface area contributed by atoms with E-state index >= 15 is 0 Å². The summed E-state index contributed by atoms with van der Waals surface area (Å²) in [5.74, 6) is 1.27. The molecule has 5 heteroatoms. The SMILES string of the molecule is Cc1ccc(NC(=O)C(Nc2ccc3c(c2)OCCO3)c2ccccc2)cc1. The fourth-order valence-corrected chi connectivity index (χ4v) is 3.10. The van der Waals surface area contributed by atoms with Crippen molar-refractivity contribution in [2.24, 2.45) is 0 Å². The highest BCUT2D eigenvalue weighted by Gasteiger charge is 2.22. The molecule has 1 atom stereocenters. The van der Waals surface area contributed by atoms with Crippen LogP contribution in [0.5, 0.6) is 11.5 Å². The first kappa shape index (κ1) is 17.9. The molecule has 2 N–H and O–H groups in total. The van der Waals surface area contributed by atoms with Crippen molar-refractivity contribution in [1.82, 2.24) is 0 Å². The minimum atomic E-state index is -0.551. The second kappa shape index (κ2) is 8.05. The standard InChI is InChI=1S/C23H22N2O3/c1-16-7-9-18(10-8-16)25-23(26)22(17-5-3-2-4-6-17)24-19-11-12-20-21(15-19)28-14-13-27-20/h2-12,15,22,24H,13-14H2,1H3,(H,25,26). The topological polar surface area (TPSA) is 59.6 Å². The Kier molecular flexibility index (Phi) is 5.15. The van der Waals surface area contributed by atoms with Crippen molar-refractivity contribution in [1.29, 1.82) is 0 Å². The highest BCUT2D eigenvalue weighted by Crippen LogP contribution is 2.34. The van der Waals surface area contributed by atoms with Gasteiger partial charge in [-0.05, 0) is 36.8 Å². The molecule has 0 bridgehead atoms. The molecule has 0 aromatic heterocycles. The lowest BCUT2D eigenvalue weighted by molar-refractivity contribution is -0.117. The fourth-order valence-electron chi connectivity index (χ4n) is 3.10. The monoisotopic (exact) mass is 374 g/mol. The molecule has 1 aliphatic rings. The van der Waals surface area contributed by atoms with Gasteiger partial charge in [-0.2, -0.15) is 0 Å². The maximum absolute atomic E-state index is 13.1. The highest BCUT2D eigenvalue weighted by atomic mass is 16.6. The van der Waals surface area contributed by atoms with Crippen LogP contribution >= 0.6 is 0 Å². The van der Waals surface area contributed by atoms with Gasteiger partial charge in [0.25, 0.3) is 5.91 Å². The van der Waals surface area contributed by atoms with Crippen molar-refractivity contribution < 1.29 is 14.3 Å². The summed E-state index contributed by atoms with van der Waals surface area (Å²) in [6, 6.07) is 22.5. The number of anilines is 2. The van der Waals surface area contributed by atoms with Crippen molar-refractivity contribution >= 4 is 17.3 Å². The van der Waals surface area contributed by atoms with E-state index in [2.05, 4.69) is 10.6 Å². The highest BCUT2D eigenvalue weighted by molar-refractivity contribution is 5.97. The van der Waals surface area contributed by atoms with Crippen LogP contribution in [0.3, 0.4) is 0 Å². The van der Waals surface area contributed by atoms with Crippen LogP contribution in [0.2, 0.25) is 0 Å². The average molecular weight is 374 g/mol. The first-order valence-electron chi connectivity index (χ1n) is 9.28. The molecular weight excluding hydrogens is 352 g/mol. The largest absolute Gasteiger partial charge is 0.486 e. The second-order valence-corrected chi connectivity index (χ2v) is 6.70. The van der Waals surface area contributed by atoms with Crippen LogP contribution in [0.25, 0.3) is 0 Å². The van der Waals surface area contributed by atoms with Crippen LogP contribution in [-0.2, 0) is 4.79 Å². The van der Waals surface area contributed by atoms with E-state index in [9.17, 15) is 4.79 Å². The normalized spacial score (nSPS) is 13.5. The Morgan fingerprint density at radius 2 is 1.54 bits per heavy atom. The predicted octanol–water partition coefficient (Wildman–Crippen LogP) is 4.56. The van der Waals surface area contributed by atoms with Gasteiger partial charge in [0.15, 0.2) is 11.5 Å². The molecule has 3 aromatic rings. The average Bonchev–Trinajstić information content (AvgIpc) is 2.74. The summed E-state index contributed by atoms with van der Waals surface area (Å²) in [5, 5.41) is 6.32. The third-order valence-corrected chi connectivity index (χ3v) is 4.57. The number of carbonyl (C=O) groups excluding carboxylic acids is 1. The summed E-state index contributed by atoms with van der Waals surface area (Å²) in [7, 11) is 0. The first-order valence-corrected chi connectivity index (χ1v) is 9.28. The van der Waals surface area contributed by atoms with Crippen LogP contribution in [-0.4, -0.2) is 19.1 Å². The minimum Gasteiger partial charge on any atom is -0.486 e. The smallest absolute Gasteiger partial charge is 0.251 e. The Labute approximate surface area is 164 Å². The van der Waals surface area contributed by atoms with Crippen LogP contribution in [0, 0.1) is 6.92 Å². The number of nitrogens with one attached hydrogen (secondary N) is 2. The third-order valence-electron chi connectivity index (χ3n) is 4.57. The van der Waals surface area contributed by atoms with E-state index in [0.717, 1.165) is 28.3 Å². The van der Waals surface area contributed by atoms with Crippen molar-refractivity contribution in [3.63, 3.8) is 0 Å². The summed E-state index contributed by atoms with van der Waals surface area (Å²) in [5.41, 5.74) is 3.58. The van der Waals surface area contributed by atoms with Crippen LogP contribution in [0.4, 0.5) is 11.4 Å². The van der Waals surface area contributed by atoms with Crippen LogP contribution in [0.1, 0.15) is 17.2 Å². The van der Waals surface area contributed by atoms with Crippen LogP contribution in [0.15, 0.2) is 72.8 Å². The molecular formula is C23H22N2O3. The zero-order valence-electron chi connectivity index (χ0n) is 15.6. The molecule has 0 aliphatic carbocycles. The fraction of sp³-hybridized carbons (Fsp3) is 0.174. The Hall–Kier alpha value is -3.47. The summed E-state index contributed by atoms with van der Waals surface area (Å²) in [6.07, 6.45) is 0. The number of rotatable bonds is 5. The Balaban J connectivity index is 1.58. The molecule has 1 aliphatic heterocycles. The van der Waals surface area contributed by atoms with Gasteiger partial charge < -0.3 is 20.1 Å². The van der Waals surface area contributed by atoms with Gasteiger partial charge in [-0.15, -0.1) is 0 Å². The molecule has 28 heavy (non-hydrogen) atoms. The zero-order chi connectivity index (χ0) is 19.3. The molecule has 0 saturated heterocycles. The number of amides is 1. The number of carbonyl (C=O) groups is 1. The molecule has 0 spiro atoms. The molecule has 1 heterocycles. The molecule has 4 rings (SSSR count). The van der Waals surface area contributed by atoms with Gasteiger partial charge in [-0.25, -0.2) is 0 Å². The second-order valence-electron chi connectivity index (χ2n) is 6.70. The van der Waals surface area contributed by atoms with Crippen molar-refractivity contribution in [3.8, 4) is 11.5 Å². The number of benzene rings is 3. The number of fused-ring (bicyclic) bond motifs is 1. The van der Waals surface area contributed by atoms with Crippen LogP contribution < -0.4 is 20.1 Å². The zero-order valence-corrected chi connectivity index (χ0v) is 15.6. The lowest BCUT2D eigenvalue weighted by Crippen LogP contribution is -2.27. The summed E-state index contributed by atoms with van der Waals surface area (Å²) in [6.45, 7) is 3.08. The van der Waals surface area contributed by atoms with Gasteiger partial charge in [0.1, 0.15) is 19.3 Å². The molecule has 0 saturated carbocycles. The number of ether oxygens (including phenoxy) is 2. The van der Waals surface area contributed by atoms with E-state index in [1.807, 2.05) is 79.7 Å². The Bertz CT molecular complexity index is 955. The molecule has 0 radical (unpaired) electrons. The number of hydrogen-bond donors (Lipinski definition) is 2. The molecule has 3 aromatic carbocycles. The lowest BCUT2D eigenvalue weighted by atomic mass is 10.1. The molecule has 0 fully saturated rings. The van der Waals surface area contributed by atoms with Gasteiger partial charge in [-0.3, -0.25) is 4.79 Å².